The van der Waals surface area contributed by atoms with Crippen LogP contribution in [-0.4, -0.2) is 18.1 Å². The molecule has 0 aromatic heterocycles. The Morgan fingerprint density at radius 2 is 2.15 bits per heavy atom. The van der Waals surface area contributed by atoms with Crippen LogP contribution in [0.25, 0.3) is 0 Å². The van der Waals surface area contributed by atoms with Crippen LogP contribution in [0.5, 0.6) is 0 Å². The molecule has 1 rings (SSSR count). The average Bonchev–Trinajstić information content (AvgIpc) is 2.15. The highest BCUT2D eigenvalue weighted by molar-refractivity contribution is 5.71. The van der Waals surface area contributed by atoms with Crippen molar-refractivity contribution in [1.82, 2.24) is 5.06 Å². The van der Waals surface area contributed by atoms with Crippen molar-refractivity contribution < 1.29 is 9.63 Å². The molecule has 0 heterocycles. The number of benzene rings is 1. The highest BCUT2D eigenvalue weighted by Gasteiger charge is 2.06. The number of rotatable bonds is 3. The molecule has 0 spiro atoms. The summed E-state index contributed by atoms with van der Waals surface area (Å²) in [5.41, 5.74) is 1.02. The number of amides is 1. The fraction of sp³-hybridized carbons (Fsp3) is 0.300. The number of hydroxylamine groups is 2. The first kappa shape index (κ1) is 9.74. The fourth-order valence-electron chi connectivity index (χ4n) is 0.997. The van der Waals surface area contributed by atoms with E-state index in [0.717, 1.165) is 5.56 Å². The van der Waals surface area contributed by atoms with E-state index < -0.39 is 0 Å². The molecule has 3 nitrogen and oxygen atoms in total. The van der Waals surface area contributed by atoms with Gasteiger partial charge in [0.2, 0.25) is 5.91 Å². The van der Waals surface area contributed by atoms with Crippen LogP contribution in [0, 0.1) is 6.07 Å². The molecule has 1 aromatic rings. The molecule has 3 heteroatoms. The van der Waals surface area contributed by atoms with E-state index in [-0.39, 0.29) is 5.91 Å². The zero-order chi connectivity index (χ0) is 9.68. The normalized spacial score (nSPS) is 9.69. The predicted molar refractivity (Wildman–Crippen MR) is 48.5 cm³/mol. The third-order valence-corrected chi connectivity index (χ3v) is 1.69. The van der Waals surface area contributed by atoms with Gasteiger partial charge >= 0.3 is 0 Å². The number of carbonyl (C=O) groups is 1. The standard InChI is InChI=1S/C10H12NO2/c1-9(12)11(13-2)8-10-6-4-3-5-7-10/h4-7H,8H2,1-2H3. The van der Waals surface area contributed by atoms with Crippen molar-refractivity contribution in [2.75, 3.05) is 7.11 Å². The molecule has 1 amide bonds. The third-order valence-electron chi connectivity index (χ3n) is 1.69. The smallest absolute Gasteiger partial charge is 0.243 e. The maximum absolute atomic E-state index is 11.0. The second-order valence-corrected chi connectivity index (χ2v) is 2.65. The van der Waals surface area contributed by atoms with Gasteiger partial charge in [0.15, 0.2) is 0 Å². The van der Waals surface area contributed by atoms with Crippen LogP contribution in [0.1, 0.15) is 12.5 Å². The van der Waals surface area contributed by atoms with Gasteiger partial charge in [0.1, 0.15) is 0 Å². The average molecular weight is 178 g/mol. The van der Waals surface area contributed by atoms with E-state index in [1.807, 2.05) is 24.3 Å². The Morgan fingerprint density at radius 1 is 1.54 bits per heavy atom. The van der Waals surface area contributed by atoms with Gasteiger partial charge in [-0.2, -0.15) is 0 Å². The first-order valence-corrected chi connectivity index (χ1v) is 4.01. The third kappa shape index (κ3) is 2.87. The number of hydrogen-bond donors (Lipinski definition) is 0. The molecule has 0 atom stereocenters. The van der Waals surface area contributed by atoms with Crippen LogP contribution in [-0.2, 0) is 16.2 Å². The number of carbonyl (C=O) groups excluding carboxylic acids is 1. The molecule has 0 aliphatic rings. The molecule has 0 saturated carbocycles. The Kier molecular flexibility index (Phi) is 3.46. The van der Waals surface area contributed by atoms with Crippen molar-refractivity contribution in [3.05, 3.63) is 35.9 Å². The summed E-state index contributed by atoms with van der Waals surface area (Å²) in [7, 11) is 1.48. The minimum atomic E-state index is -0.102. The topological polar surface area (TPSA) is 29.5 Å². The first-order chi connectivity index (χ1) is 6.24. The second-order valence-electron chi connectivity index (χ2n) is 2.65. The van der Waals surface area contributed by atoms with Crippen LogP contribution in [0.4, 0.5) is 0 Å². The zero-order valence-electron chi connectivity index (χ0n) is 7.78. The van der Waals surface area contributed by atoms with Crippen molar-refractivity contribution >= 4 is 5.91 Å². The van der Waals surface area contributed by atoms with Gasteiger partial charge in [-0.3, -0.25) is 9.63 Å². The molecule has 0 fully saturated rings. The lowest BCUT2D eigenvalue weighted by atomic mass is 10.2. The first-order valence-electron chi connectivity index (χ1n) is 4.01. The Labute approximate surface area is 77.9 Å². The quantitative estimate of drug-likeness (QED) is 0.655. The summed E-state index contributed by atoms with van der Waals surface area (Å²) in [4.78, 5) is 15.9. The van der Waals surface area contributed by atoms with E-state index in [1.165, 1.54) is 19.1 Å². The molecular formula is C10H12NO2. The van der Waals surface area contributed by atoms with Gasteiger partial charge in [-0.25, -0.2) is 5.06 Å². The zero-order valence-corrected chi connectivity index (χ0v) is 7.78. The summed E-state index contributed by atoms with van der Waals surface area (Å²) in [6, 6.07) is 10.3. The Hall–Kier alpha value is -1.35. The second kappa shape index (κ2) is 4.62. The lowest BCUT2D eigenvalue weighted by Gasteiger charge is -2.17. The maximum Gasteiger partial charge on any atom is 0.243 e. The lowest BCUT2D eigenvalue weighted by molar-refractivity contribution is -0.176. The Bertz CT molecular complexity index is 272. The van der Waals surface area contributed by atoms with Crippen molar-refractivity contribution in [3.63, 3.8) is 0 Å². The summed E-state index contributed by atoms with van der Waals surface area (Å²) < 4.78 is 0. The molecule has 0 aliphatic carbocycles. The largest absolute Gasteiger partial charge is 0.274 e. The maximum atomic E-state index is 11.0. The van der Waals surface area contributed by atoms with Gasteiger partial charge in [-0.05, 0) is 11.6 Å². The molecule has 0 saturated heterocycles. The van der Waals surface area contributed by atoms with Crippen molar-refractivity contribution in [2.24, 2.45) is 0 Å². The lowest BCUT2D eigenvalue weighted by Crippen LogP contribution is -2.26. The molecule has 1 radical (unpaired) electrons. The van der Waals surface area contributed by atoms with Crippen molar-refractivity contribution in [1.29, 1.82) is 0 Å². The molecule has 0 N–H and O–H groups in total. The van der Waals surface area contributed by atoms with Crippen LogP contribution < -0.4 is 0 Å². The molecule has 0 bridgehead atoms. The van der Waals surface area contributed by atoms with Gasteiger partial charge in [0.05, 0.1) is 13.7 Å². The van der Waals surface area contributed by atoms with Gasteiger partial charge in [-0.15, -0.1) is 0 Å². The van der Waals surface area contributed by atoms with Crippen molar-refractivity contribution in [3.8, 4) is 0 Å². The van der Waals surface area contributed by atoms with Crippen LogP contribution in [0.15, 0.2) is 24.3 Å². The highest BCUT2D eigenvalue weighted by Crippen LogP contribution is 2.03. The Morgan fingerprint density at radius 3 is 2.62 bits per heavy atom. The van der Waals surface area contributed by atoms with E-state index in [4.69, 9.17) is 4.84 Å². The summed E-state index contributed by atoms with van der Waals surface area (Å²) in [5.74, 6) is -0.102. The van der Waals surface area contributed by atoms with Gasteiger partial charge in [-0.1, -0.05) is 24.3 Å². The molecule has 0 aliphatic heterocycles. The number of hydrogen-bond acceptors (Lipinski definition) is 2. The monoisotopic (exact) mass is 178 g/mol. The van der Waals surface area contributed by atoms with Crippen LogP contribution >= 0.6 is 0 Å². The van der Waals surface area contributed by atoms with E-state index in [9.17, 15) is 4.79 Å². The van der Waals surface area contributed by atoms with E-state index in [2.05, 4.69) is 6.07 Å². The highest BCUT2D eigenvalue weighted by atomic mass is 16.7. The summed E-state index contributed by atoms with van der Waals surface area (Å²) >= 11 is 0. The van der Waals surface area contributed by atoms with E-state index >= 15 is 0 Å². The molecule has 13 heavy (non-hydrogen) atoms. The van der Waals surface area contributed by atoms with E-state index in [0.29, 0.717) is 6.54 Å². The van der Waals surface area contributed by atoms with Gasteiger partial charge in [0, 0.05) is 6.92 Å². The van der Waals surface area contributed by atoms with Crippen LogP contribution in [0.3, 0.4) is 0 Å². The Balaban J connectivity index is 2.62. The minimum absolute atomic E-state index is 0.102. The molecule has 69 valence electrons. The SMILES string of the molecule is CON(Cc1cc[c]cc1)C(C)=O. The van der Waals surface area contributed by atoms with Crippen molar-refractivity contribution in [2.45, 2.75) is 13.5 Å². The van der Waals surface area contributed by atoms with Gasteiger partial charge < -0.3 is 0 Å². The molecule has 1 aromatic carbocycles. The summed E-state index contributed by atoms with van der Waals surface area (Å²) in [6.07, 6.45) is 0. The van der Waals surface area contributed by atoms with Crippen LogP contribution in [0.2, 0.25) is 0 Å². The minimum Gasteiger partial charge on any atom is -0.274 e. The fourth-order valence-corrected chi connectivity index (χ4v) is 0.997. The van der Waals surface area contributed by atoms with Gasteiger partial charge in [0.25, 0.3) is 0 Å². The molecule has 0 unspecified atom stereocenters. The molecular weight excluding hydrogens is 166 g/mol. The predicted octanol–water partition coefficient (Wildman–Crippen LogP) is 1.40. The summed E-state index contributed by atoms with van der Waals surface area (Å²) in [5, 5.41) is 1.30. The number of nitrogens with zero attached hydrogens (tertiary/aromatic N) is 1. The summed E-state index contributed by atoms with van der Waals surface area (Å²) in [6.45, 7) is 1.94. The van der Waals surface area contributed by atoms with E-state index in [1.54, 1.807) is 0 Å².